The lowest BCUT2D eigenvalue weighted by atomic mass is 9.86. The molecular formula is C23H27NO5. The topological polar surface area (TPSA) is 95.9 Å². The summed E-state index contributed by atoms with van der Waals surface area (Å²) in [7, 11) is 0. The molecule has 1 aliphatic heterocycles. The van der Waals surface area contributed by atoms with Gasteiger partial charge in [0.2, 0.25) is 0 Å². The van der Waals surface area contributed by atoms with Crippen molar-refractivity contribution in [2.24, 2.45) is 0 Å². The summed E-state index contributed by atoms with van der Waals surface area (Å²) in [5.41, 5.74) is 2.82. The Bertz CT molecular complexity index is 954. The minimum Gasteiger partial charge on any atom is -0.507 e. The molecule has 0 spiro atoms. The molecule has 0 radical (unpaired) electrons. The lowest BCUT2D eigenvalue weighted by Gasteiger charge is -2.37. The highest BCUT2D eigenvalue weighted by molar-refractivity contribution is 5.90. The summed E-state index contributed by atoms with van der Waals surface area (Å²) >= 11 is 0. The van der Waals surface area contributed by atoms with Crippen LogP contribution in [0.4, 0.5) is 0 Å². The van der Waals surface area contributed by atoms with Gasteiger partial charge < -0.3 is 20.3 Å². The summed E-state index contributed by atoms with van der Waals surface area (Å²) in [6.45, 7) is 7.19. The summed E-state index contributed by atoms with van der Waals surface area (Å²) in [6.07, 6.45) is 1.15. The van der Waals surface area contributed by atoms with Crippen molar-refractivity contribution in [3.63, 3.8) is 0 Å². The van der Waals surface area contributed by atoms with E-state index in [1.54, 1.807) is 6.92 Å². The smallest absolute Gasteiger partial charge is 0.326 e. The summed E-state index contributed by atoms with van der Waals surface area (Å²) in [4.78, 5) is 24.8. The second-order valence-electron chi connectivity index (χ2n) is 7.92. The number of carbonyl (C=O) groups excluding carboxylic acids is 1. The number of amides is 1. The number of phenolic OH excluding ortho intramolecular Hbond substituents is 1. The largest absolute Gasteiger partial charge is 0.507 e. The number of fused-ring (bicyclic) bond motifs is 1. The van der Waals surface area contributed by atoms with Crippen LogP contribution >= 0.6 is 0 Å². The number of carboxylic acids is 1. The highest BCUT2D eigenvalue weighted by Gasteiger charge is 2.42. The van der Waals surface area contributed by atoms with Gasteiger partial charge in [0.05, 0.1) is 0 Å². The molecule has 0 aliphatic carbocycles. The van der Waals surface area contributed by atoms with Crippen molar-refractivity contribution in [3.8, 4) is 11.5 Å². The average molecular weight is 397 g/mol. The first-order valence-electron chi connectivity index (χ1n) is 9.72. The third kappa shape index (κ3) is 3.92. The van der Waals surface area contributed by atoms with E-state index in [9.17, 15) is 19.8 Å². The van der Waals surface area contributed by atoms with Gasteiger partial charge in [-0.2, -0.15) is 0 Å². The Morgan fingerprint density at radius 1 is 1.14 bits per heavy atom. The Hall–Kier alpha value is -3.02. The quantitative estimate of drug-likeness (QED) is 0.720. The van der Waals surface area contributed by atoms with Gasteiger partial charge >= 0.3 is 5.97 Å². The number of benzene rings is 2. The number of carboxylic acid groups (broad SMARTS) is 1. The molecule has 0 saturated heterocycles. The zero-order valence-corrected chi connectivity index (χ0v) is 17.2. The molecule has 0 aromatic heterocycles. The van der Waals surface area contributed by atoms with Crippen LogP contribution < -0.4 is 10.1 Å². The Balaban J connectivity index is 1.83. The van der Waals surface area contributed by atoms with Crippen molar-refractivity contribution in [2.75, 3.05) is 0 Å². The molecule has 2 atom stereocenters. The molecule has 1 amide bonds. The number of hydrogen-bond acceptors (Lipinski definition) is 4. The van der Waals surface area contributed by atoms with Gasteiger partial charge in [-0.15, -0.1) is 0 Å². The fourth-order valence-corrected chi connectivity index (χ4v) is 3.77. The Kier molecular flexibility index (Phi) is 5.55. The monoisotopic (exact) mass is 397 g/mol. The zero-order chi connectivity index (χ0) is 21.3. The van der Waals surface area contributed by atoms with Crippen LogP contribution in [0.15, 0.2) is 30.3 Å². The molecular weight excluding hydrogens is 370 g/mol. The highest BCUT2D eigenvalue weighted by atomic mass is 16.5. The first-order valence-corrected chi connectivity index (χ1v) is 9.72. The van der Waals surface area contributed by atoms with Crippen molar-refractivity contribution in [2.45, 2.75) is 58.6 Å². The van der Waals surface area contributed by atoms with E-state index < -0.39 is 23.5 Å². The van der Waals surface area contributed by atoms with Gasteiger partial charge in [0.15, 0.2) is 5.60 Å². The number of aliphatic carboxylic acids is 1. The second-order valence-corrected chi connectivity index (χ2v) is 7.92. The summed E-state index contributed by atoms with van der Waals surface area (Å²) < 4.78 is 6.14. The van der Waals surface area contributed by atoms with E-state index in [4.69, 9.17) is 4.74 Å². The third-order valence-corrected chi connectivity index (χ3v) is 5.89. The molecule has 2 aromatic carbocycles. The zero-order valence-electron chi connectivity index (χ0n) is 17.2. The van der Waals surface area contributed by atoms with E-state index in [2.05, 4.69) is 5.32 Å². The predicted octanol–water partition coefficient (Wildman–Crippen LogP) is 3.21. The van der Waals surface area contributed by atoms with E-state index in [0.29, 0.717) is 18.6 Å². The maximum Gasteiger partial charge on any atom is 0.326 e. The molecule has 29 heavy (non-hydrogen) atoms. The molecule has 6 nitrogen and oxygen atoms in total. The normalized spacial score (nSPS) is 19.0. The Morgan fingerprint density at radius 3 is 2.41 bits per heavy atom. The SMILES string of the molecule is Cc1c(C)c2c(c(C)c1O)CC[C@](C)(C(=O)N[C@@H](Cc1ccccc1)C(=O)O)O2. The van der Waals surface area contributed by atoms with Crippen molar-refractivity contribution in [1.82, 2.24) is 5.32 Å². The average Bonchev–Trinajstić information content (AvgIpc) is 2.70. The van der Waals surface area contributed by atoms with Gasteiger partial charge in [-0.1, -0.05) is 30.3 Å². The van der Waals surface area contributed by atoms with Crippen LogP contribution in [-0.4, -0.2) is 33.7 Å². The maximum atomic E-state index is 13.0. The Morgan fingerprint density at radius 2 is 1.79 bits per heavy atom. The maximum absolute atomic E-state index is 13.0. The van der Waals surface area contributed by atoms with Crippen LogP contribution in [0.3, 0.4) is 0 Å². The van der Waals surface area contributed by atoms with Crippen molar-refractivity contribution >= 4 is 11.9 Å². The highest BCUT2D eigenvalue weighted by Crippen LogP contribution is 2.43. The van der Waals surface area contributed by atoms with Crippen LogP contribution in [0.25, 0.3) is 0 Å². The molecule has 1 heterocycles. The number of aromatic hydroxyl groups is 1. The third-order valence-electron chi connectivity index (χ3n) is 5.89. The fourth-order valence-electron chi connectivity index (χ4n) is 3.77. The van der Waals surface area contributed by atoms with Gasteiger partial charge in [-0.05, 0) is 56.4 Å². The van der Waals surface area contributed by atoms with E-state index in [0.717, 1.165) is 27.8 Å². The summed E-state index contributed by atoms with van der Waals surface area (Å²) in [5.74, 6) is -0.674. The lowest BCUT2D eigenvalue weighted by molar-refractivity contribution is -0.146. The second kappa shape index (κ2) is 7.78. The van der Waals surface area contributed by atoms with Gasteiger partial charge in [-0.25, -0.2) is 4.79 Å². The van der Waals surface area contributed by atoms with Crippen LogP contribution in [0.1, 0.15) is 41.2 Å². The molecule has 1 aliphatic rings. The molecule has 2 aromatic rings. The fraction of sp³-hybridized carbons (Fsp3) is 0.391. The van der Waals surface area contributed by atoms with Crippen molar-refractivity contribution < 1.29 is 24.5 Å². The molecule has 0 saturated carbocycles. The number of hydrogen-bond donors (Lipinski definition) is 3. The molecule has 6 heteroatoms. The molecule has 3 N–H and O–H groups in total. The van der Waals surface area contributed by atoms with Gasteiger partial charge in [0.25, 0.3) is 5.91 Å². The van der Waals surface area contributed by atoms with Gasteiger partial charge in [0, 0.05) is 18.4 Å². The van der Waals surface area contributed by atoms with Crippen molar-refractivity contribution in [3.05, 3.63) is 58.1 Å². The molecule has 3 rings (SSSR count). The van der Waals surface area contributed by atoms with E-state index in [1.165, 1.54) is 0 Å². The van der Waals surface area contributed by atoms with Crippen LogP contribution in [0.2, 0.25) is 0 Å². The first kappa shape index (κ1) is 20.7. The molecule has 154 valence electrons. The van der Waals surface area contributed by atoms with Crippen LogP contribution in [0, 0.1) is 20.8 Å². The standard InChI is InChI=1S/C23H27NO5/c1-13-14(2)20-17(15(3)19(13)25)10-11-23(4,29-20)22(28)24-18(21(26)27)12-16-8-6-5-7-9-16/h5-9,18,25H,10-12H2,1-4H3,(H,24,28)(H,26,27)/t18-,23+/m0/s1. The van der Waals surface area contributed by atoms with E-state index >= 15 is 0 Å². The molecule has 0 bridgehead atoms. The van der Waals surface area contributed by atoms with Gasteiger partial charge in [-0.3, -0.25) is 4.79 Å². The Labute approximate surface area is 170 Å². The van der Waals surface area contributed by atoms with E-state index in [1.807, 2.05) is 51.1 Å². The van der Waals surface area contributed by atoms with E-state index in [-0.39, 0.29) is 12.2 Å². The number of ether oxygens (including phenoxy) is 1. The van der Waals surface area contributed by atoms with Crippen LogP contribution in [0.5, 0.6) is 11.5 Å². The lowest BCUT2D eigenvalue weighted by Crippen LogP contribution is -2.55. The summed E-state index contributed by atoms with van der Waals surface area (Å²) in [6, 6.07) is 8.15. The minimum atomic E-state index is -1.18. The van der Waals surface area contributed by atoms with Crippen molar-refractivity contribution in [1.29, 1.82) is 0 Å². The predicted molar refractivity (Wildman–Crippen MR) is 109 cm³/mol. The number of phenols is 1. The summed E-state index contributed by atoms with van der Waals surface area (Å²) in [5, 5.41) is 22.5. The minimum absolute atomic E-state index is 0.194. The first-order chi connectivity index (χ1) is 13.6. The number of rotatable bonds is 5. The molecule has 0 fully saturated rings. The van der Waals surface area contributed by atoms with Gasteiger partial charge in [0.1, 0.15) is 17.5 Å². The molecule has 0 unspecified atom stereocenters. The van der Waals surface area contributed by atoms with Crippen LogP contribution in [-0.2, 0) is 22.4 Å². The number of nitrogens with one attached hydrogen (secondary N) is 1. The number of carbonyl (C=O) groups is 2.